The predicted octanol–water partition coefficient (Wildman–Crippen LogP) is 7.22. The molecule has 0 radical (unpaired) electrons. The Morgan fingerprint density at radius 2 is 1.89 bits per heavy atom. The number of benzene rings is 1. The molecule has 3 atom stereocenters. The van der Waals surface area contributed by atoms with Crippen molar-refractivity contribution in [1.29, 1.82) is 0 Å². The molecule has 0 saturated carbocycles. The standard InChI is InChI=1S/C34H46N6.C5H10O/c1-23(2)20-34(5,6)25(4)37-32(30-21-35-22-39(30)8)29-19-26-10-9-13-36-31(26)33(40-16-14-38(7)15-17-40)27-12-11-24(3)18-28(27)29;1-4-6-5(2)3/h9-13,18-19,21-22,31-33,36-37H,1,4,14-17,20H2,2-3,5-8H3;4-5H,1H2,2-3H3/t31?,32-,33+;/m1./s1. The topological polar surface area (TPSA) is 57.6 Å². The van der Waals surface area contributed by atoms with E-state index in [1.165, 1.54) is 34.1 Å². The van der Waals surface area contributed by atoms with Gasteiger partial charge < -0.3 is 24.8 Å². The molecule has 1 fully saturated rings. The number of ether oxygens (including phenoxy) is 1. The molecule has 2 N–H and O–H groups in total. The van der Waals surface area contributed by atoms with Gasteiger partial charge >= 0.3 is 0 Å². The van der Waals surface area contributed by atoms with Crippen LogP contribution < -0.4 is 10.6 Å². The van der Waals surface area contributed by atoms with Gasteiger partial charge in [0.1, 0.15) is 0 Å². The van der Waals surface area contributed by atoms with Gasteiger partial charge in [0.15, 0.2) is 0 Å². The zero-order valence-electron chi connectivity index (χ0n) is 29.4. The second-order valence-electron chi connectivity index (χ2n) is 14.0. The number of piperazine rings is 1. The molecule has 0 bridgehead atoms. The van der Waals surface area contributed by atoms with Gasteiger partial charge in [-0.25, -0.2) is 4.98 Å². The molecule has 1 aromatic carbocycles. The van der Waals surface area contributed by atoms with E-state index < -0.39 is 0 Å². The third kappa shape index (κ3) is 8.31. The molecular formula is C39H56N6O. The minimum Gasteiger partial charge on any atom is -0.499 e. The fourth-order valence-corrected chi connectivity index (χ4v) is 6.67. The van der Waals surface area contributed by atoms with Crippen LogP contribution in [0.4, 0.5) is 0 Å². The number of nitrogens with one attached hydrogen (secondary N) is 2. The number of dihydropyridines is 1. The van der Waals surface area contributed by atoms with E-state index >= 15 is 0 Å². The van der Waals surface area contributed by atoms with Crippen molar-refractivity contribution < 1.29 is 4.74 Å². The molecule has 0 amide bonds. The van der Waals surface area contributed by atoms with E-state index in [1.54, 1.807) is 0 Å². The molecule has 1 unspecified atom stereocenters. The molecule has 1 aliphatic carbocycles. The minimum absolute atomic E-state index is 0.122. The summed E-state index contributed by atoms with van der Waals surface area (Å²) in [6, 6.07) is 7.29. The first-order valence-corrected chi connectivity index (χ1v) is 16.5. The zero-order valence-corrected chi connectivity index (χ0v) is 29.4. The first kappa shape index (κ1) is 35.1. The quantitative estimate of drug-likeness (QED) is 0.215. The smallest absolute Gasteiger partial charge is 0.0946 e. The summed E-state index contributed by atoms with van der Waals surface area (Å²) < 4.78 is 6.93. The van der Waals surface area contributed by atoms with Gasteiger partial charge in [0.2, 0.25) is 0 Å². The van der Waals surface area contributed by atoms with Crippen LogP contribution in [0.1, 0.15) is 75.5 Å². The normalized spacial score (nSPS) is 20.5. The van der Waals surface area contributed by atoms with Crippen molar-refractivity contribution in [3.05, 3.63) is 120 Å². The van der Waals surface area contributed by atoms with Crippen molar-refractivity contribution in [3.63, 3.8) is 0 Å². The van der Waals surface area contributed by atoms with Crippen LogP contribution in [0.2, 0.25) is 0 Å². The zero-order chi connectivity index (χ0) is 33.6. The molecule has 46 heavy (non-hydrogen) atoms. The lowest BCUT2D eigenvalue weighted by Crippen LogP contribution is -2.51. The Balaban J connectivity index is 0.000000731. The van der Waals surface area contributed by atoms with Crippen LogP contribution in [0.3, 0.4) is 0 Å². The summed E-state index contributed by atoms with van der Waals surface area (Å²) in [4.78, 5) is 9.64. The Bertz CT molecular complexity index is 1480. The van der Waals surface area contributed by atoms with Crippen LogP contribution in [-0.2, 0) is 11.8 Å². The van der Waals surface area contributed by atoms with E-state index in [-0.39, 0.29) is 29.6 Å². The van der Waals surface area contributed by atoms with Crippen LogP contribution in [-0.4, -0.2) is 64.7 Å². The molecule has 2 aromatic rings. The first-order valence-electron chi connectivity index (χ1n) is 16.5. The number of aryl methyl sites for hydroxylation is 2. The SMILES string of the molecule is C=C(C)CC(C)(C)C(=C)N[C@H](C1=CC2=CC=CNC2[C@@H](N2CCN(C)CC2)c2ccc(C)cc21)c1cncn1C.C=COC(C)C. The molecular weight excluding hydrogens is 568 g/mol. The van der Waals surface area contributed by atoms with Gasteiger partial charge in [-0.1, -0.05) is 68.5 Å². The van der Waals surface area contributed by atoms with E-state index in [9.17, 15) is 0 Å². The summed E-state index contributed by atoms with van der Waals surface area (Å²) in [5.74, 6) is 0. The number of likely N-dealkylation sites (N-methyl/N-ethyl adjacent to an activating group) is 1. The Morgan fingerprint density at radius 1 is 1.17 bits per heavy atom. The maximum atomic E-state index is 4.81. The maximum Gasteiger partial charge on any atom is 0.0946 e. The van der Waals surface area contributed by atoms with Crippen molar-refractivity contribution >= 4 is 5.57 Å². The van der Waals surface area contributed by atoms with Crippen molar-refractivity contribution in [1.82, 2.24) is 30.0 Å². The van der Waals surface area contributed by atoms with E-state index in [2.05, 4.69) is 134 Å². The number of rotatable bonds is 10. The van der Waals surface area contributed by atoms with Crippen molar-refractivity contribution in [2.75, 3.05) is 33.2 Å². The largest absolute Gasteiger partial charge is 0.499 e. The van der Waals surface area contributed by atoms with Crippen molar-refractivity contribution in [2.45, 2.75) is 72.2 Å². The highest BCUT2D eigenvalue weighted by Crippen LogP contribution is 2.44. The van der Waals surface area contributed by atoms with Crippen molar-refractivity contribution in [3.8, 4) is 0 Å². The van der Waals surface area contributed by atoms with Gasteiger partial charge in [0.25, 0.3) is 0 Å². The Labute approximate surface area is 278 Å². The number of fused-ring (bicyclic) bond motifs is 2. The molecule has 7 nitrogen and oxygen atoms in total. The number of allylic oxidation sites excluding steroid dienone is 4. The lowest BCUT2D eigenvalue weighted by Gasteiger charge is -2.42. The highest BCUT2D eigenvalue weighted by Gasteiger charge is 2.39. The average molecular weight is 625 g/mol. The van der Waals surface area contributed by atoms with E-state index in [0.717, 1.165) is 49.6 Å². The van der Waals surface area contributed by atoms with Crippen LogP contribution in [0.25, 0.3) is 5.57 Å². The molecule has 0 spiro atoms. The molecule has 5 rings (SSSR count). The molecule has 3 heterocycles. The van der Waals surface area contributed by atoms with Crippen LogP contribution in [0.5, 0.6) is 0 Å². The number of nitrogens with zero attached hydrogens (tertiary/aromatic N) is 4. The maximum absolute atomic E-state index is 4.81. The van der Waals surface area contributed by atoms with Gasteiger partial charge in [-0.05, 0) is 75.7 Å². The fourth-order valence-electron chi connectivity index (χ4n) is 6.67. The van der Waals surface area contributed by atoms with Gasteiger partial charge in [-0.2, -0.15) is 0 Å². The van der Waals surface area contributed by atoms with Gasteiger partial charge in [-0.3, -0.25) is 4.90 Å². The fraction of sp³-hybridized carbons (Fsp3) is 0.462. The average Bonchev–Trinajstić information content (AvgIpc) is 3.36. The number of hydrogen-bond acceptors (Lipinski definition) is 6. The summed E-state index contributed by atoms with van der Waals surface area (Å²) in [6.07, 6.45) is 15.4. The summed E-state index contributed by atoms with van der Waals surface area (Å²) in [6.45, 7) is 29.1. The van der Waals surface area contributed by atoms with Crippen LogP contribution in [0, 0.1) is 12.3 Å². The van der Waals surface area contributed by atoms with E-state index in [4.69, 9.17) is 4.74 Å². The predicted molar refractivity (Wildman–Crippen MR) is 193 cm³/mol. The summed E-state index contributed by atoms with van der Waals surface area (Å²) in [5.41, 5.74) is 9.60. The Kier molecular flexibility index (Phi) is 11.6. The molecule has 1 saturated heterocycles. The summed E-state index contributed by atoms with van der Waals surface area (Å²) >= 11 is 0. The number of hydrogen-bond donors (Lipinski definition) is 2. The van der Waals surface area contributed by atoms with Gasteiger partial charge in [0.05, 0.1) is 48.7 Å². The molecule has 1 aromatic heterocycles. The molecule has 248 valence electrons. The molecule has 3 aliphatic rings. The Hall–Kier alpha value is -3.81. The van der Waals surface area contributed by atoms with Crippen LogP contribution in [0.15, 0.2) is 98.0 Å². The highest BCUT2D eigenvalue weighted by molar-refractivity contribution is 5.78. The second kappa shape index (κ2) is 15.2. The third-order valence-electron chi connectivity index (χ3n) is 9.14. The Morgan fingerprint density at radius 3 is 2.48 bits per heavy atom. The molecule has 2 aliphatic heterocycles. The molecule has 7 heteroatoms. The van der Waals surface area contributed by atoms with E-state index in [1.807, 2.05) is 26.4 Å². The van der Waals surface area contributed by atoms with Crippen molar-refractivity contribution in [2.24, 2.45) is 12.5 Å². The first-order chi connectivity index (χ1) is 21.8. The minimum atomic E-state index is -0.150. The lowest BCUT2D eigenvalue weighted by atomic mass is 9.82. The highest BCUT2D eigenvalue weighted by atomic mass is 16.5. The van der Waals surface area contributed by atoms with Gasteiger partial charge in [-0.15, -0.1) is 6.58 Å². The summed E-state index contributed by atoms with van der Waals surface area (Å²) in [5, 5.41) is 7.66. The second-order valence-corrected chi connectivity index (χ2v) is 14.0. The third-order valence-corrected chi connectivity index (χ3v) is 9.14. The van der Waals surface area contributed by atoms with E-state index in [0.29, 0.717) is 0 Å². The number of aromatic nitrogens is 2. The number of imidazole rings is 1. The van der Waals surface area contributed by atoms with Gasteiger partial charge in [0, 0.05) is 44.3 Å². The summed E-state index contributed by atoms with van der Waals surface area (Å²) in [7, 11) is 4.30. The lowest BCUT2D eigenvalue weighted by molar-refractivity contribution is 0.0994. The monoisotopic (exact) mass is 624 g/mol. The van der Waals surface area contributed by atoms with Crippen LogP contribution >= 0.6 is 0 Å².